The van der Waals surface area contributed by atoms with Crippen molar-refractivity contribution in [2.24, 2.45) is 0 Å². The zero-order valence-electron chi connectivity index (χ0n) is 6.81. The maximum absolute atomic E-state index is 8.56. The minimum atomic E-state index is -0.710. The van der Waals surface area contributed by atoms with Crippen LogP contribution in [0.5, 0.6) is 0 Å². The van der Waals surface area contributed by atoms with Crippen LogP contribution in [0.2, 0.25) is 0 Å². The summed E-state index contributed by atoms with van der Waals surface area (Å²) < 4.78 is 3.49. The SMILES string of the molecule is CC[n+]1ccn(C(C#N)C#N)c1. The molecule has 1 aromatic heterocycles. The number of hydrogen-bond acceptors (Lipinski definition) is 2. The maximum Gasteiger partial charge on any atom is 0.272 e. The Morgan fingerprint density at radius 3 is 2.58 bits per heavy atom. The van der Waals surface area contributed by atoms with Gasteiger partial charge in [0, 0.05) is 0 Å². The lowest BCUT2D eigenvalue weighted by Gasteiger charge is -1.91. The molecule has 60 valence electrons. The fraction of sp³-hybridized carbons (Fsp3) is 0.375. The fourth-order valence-electron chi connectivity index (χ4n) is 0.913. The molecule has 12 heavy (non-hydrogen) atoms. The van der Waals surface area contributed by atoms with Crippen LogP contribution in [0.15, 0.2) is 18.7 Å². The number of rotatable bonds is 2. The molecule has 0 radical (unpaired) electrons. The number of hydrogen-bond donors (Lipinski definition) is 0. The molecule has 0 saturated carbocycles. The molecule has 0 amide bonds. The molecule has 1 rings (SSSR count). The van der Waals surface area contributed by atoms with Crippen LogP contribution in [-0.4, -0.2) is 4.57 Å². The minimum absolute atomic E-state index is 0.710. The zero-order chi connectivity index (χ0) is 8.97. The van der Waals surface area contributed by atoms with Crippen molar-refractivity contribution >= 4 is 0 Å². The number of nitriles is 2. The summed E-state index contributed by atoms with van der Waals surface area (Å²) in [6.45, 7) is 2.84. The van der Waals surface area contributed by atoms with E-state index in [2.05, 4.69) is 0 Å². The van der Waals surface area contributed by atoms with Gasteiger partial charge in [0.05, 0.1) is 6.54 Å². The highest BCUT2D eigenvalue weighted by molar-refractivity contribution is 5.04. The van der Waals surface area contributed by atoms with Gasteiger partial charge >= 0.3 is 0 Å². The third-order valence-electron chi connectivity index (χ3n) is 1.62. The van der Waals surface area contributed by atoms with Crippen molar-refractivity contribution in [2.75, 3.05) is 0 Å². The van der Waals surface area contributed by atoms with E-state index in [1.807, 2.05) is 29.8 Å². The molecule has 4 heteroatoms. The quantitative estimate of drug-likeness (QED) is 0.589. The van der Waals surface area contributed by atoms with E-state index in [4.69, 9.17) is 10.5 Å². The highest BCUT2D eigenvalue weighted by Gasteiger charge is 2.13. The lowest BCUT2D eigenvalue weighted by atomic mass is 10.4. The van der Waals surface area contributed by atoms with E-state index < -0.39 is 6.04 Å². The molecule has 0 aliphatic carbocycles. The van der Waals surface area contributed by atoms with Crippen molar-refractivity contribution in [2.45, 2.75) is 19.5 Å². The molecule has 1 heterocycles. The maximum atomic E-state index is 8.56. The van der Waals surface area contributed by atoms with Gasteiger partial charge in [0.1, 0.15) is 24.5 Å². The first-order valence-corrected chi connectivity index (χ1v) is 3.67. The van der Waals surface area contributed by atoms with E-state index in [0.29, 0.717) is 0 Å². The van der Waals surface area contributed by atoms with E-state index in [0.717, 1.165) is 6.54 Å². The van der Waals surface area contributed by atoms with E-state index >= 15 is 0 Å². The van der Waals surface area contributed by atoms with Gasteiger partial charge in [0.2, 0.25) is 6.33 Å². The lowest BCUT2D eigenvalue weighted by Crippen LogP contribution is -2.29. The Hall–Kier alpha value is -1.81. The van der Waals surface area contributed by atoms with Gasteiger partial charge in [-0.05, 0) is 6.92 Å². The monoisotopic (exact) mass is 161 g/mol. The Morgan fingerprint density at radius 2 is 2.17 bits per heavy atom. The van der Waals surface area contributed by atoms with E-state index in [1.165, 1.54) is 0 Å². The minimum Gasteiger partial charge on any atom is -0.237 e. The molecule has 0 atom stereocenters. The molecule has 0 aliphatic rings. The molecule has 0 aromatic carbocycles. The van der Waals surface area contributed by atoms with Crippen molar-refractivity contribution in [3.05, 3.63) is 18.7 Å². The van der Waals surface area contributed by atoms with Crippen molar-refractivity contribution in [1.82, 2.24) is 4.57 Å². The van der Waals surface area contributed by atoms with Crippen LogP contribution in [0.3, 0.4) is 0 Å². The molecule has 0 unspecified atom stereocenters. The second-order valence-corrected chi connectivity index (χ2v) is 2.35. The summed E-state index contributed by atoms with van der Waals surface area (Å²) in [6.07, 6.45) is 5.30. The zero-order valence-corrected chi connectivity index (χ0v) is 6.81. The first-order chi connectivity index (χ1) is 5.81. The number of aromatic nitrogens is 2. The standard InChI is InChI=1S/C8H9N4/c1-2-11-3-4-12(7-11)8(5-9)6-10/h3-4,7-8H,2H2,1H3/q+1. The first kappa shape index (κ1) is 8.29. The molecular formula is C8H9N4+. The molecular weight excluding hydrogens is 152 g/mol. The van der Waals surface area contributed by atoms with E-state index in [1.54, 1.807) is 17.1 Å². The average Bonchev–Trinajstić information content (AvgIpc) is 2.55. The number of nitrogens with zero attached hydrogens (tertiary/aromatic N) is 4. The summed E-state index contributed by atoms with van der Waals surface area (Å²) in [5.74, 6) is 0. The Morgan fingerprint density at radius 1 is 1.50 bits per heavy atom. The Labute approximate surface area is 70.9 Å². The third-order valence-corrected chi connectivity index (χ3v) is 1.62. The first-order valence-electron chi connectivity index (χ1n) is 3.67. The van der Waals surface area contributed by atoms with Crippen molar-refractivity contribution in [3.8, 4) is 12.1 Å². The summed E-state index contributed by atoms with van der Waals surface area (Å²) in [5.41, 5.74) is 0. The fourth-order valence-corrected chi connectivity index (χ4v) is 0.913. The van der Waals surface area contributed by atoms with E-state index in [-0.39, 0.29) is 0 Å². The van der Waals surface area contributed by atoms with Crippen LogP contribution in [-0.2, 0) is 6.54 Å². The topological polar surface area (TPSA) is 56.4 Å². The molecule has 0 N–H and O–H groups in total. The summed E-state index contributed by atoms with van der Waals surface area (Å²) in [6, 6.07) is 3.08. The largest absolute Gasteiger partial charge is 0.272 e. The highest BCUT2D eigenvalue weighted by atomic mass is 15.1. The van der Waals surface area contributed by atoms with Crippen LogP contribution in [0.1, 0.15) is 13.0 Å². The Balaban J connectivity index is 2.91. The predicted molar refractivity (Wildman–Crippen MR) is 40.6 cm³/mol. The van der Waals surface area contributed by atoms with Crippen LogP contribution in [0, 0.1) is 22.7 Å². The average molecular weight is 161 g/mol. The Kier molecular flexibility index (Phi) is 2.45. The van der Waals surface area contributed by atoms with Gasteiger partial charge in [-0.25, -0.2) is 9.13 Å². The summed E-state index contributed by atoms with van der Waals surface area (Å²) >= 11 is 0. The van der Waals surface area contributed by atoms with Crippen LogP contribution in [0.25, 0.3) is 0 Å². The Bertz CT molecular complexity index is 325. The van der Waals surface area contributed by atoms with Crippen LogP contribution < -0.4 is 4.57 Å². The van der Waals surface area contributed by atoms with Gasteiger partial charge in [-0.3, -0.25) is 0 Å². The van der Waals surface area contributed by atoms with Crippen LogP contribution >= 0.6 is 0 Å². The molecule has 0 saturated heterocycles. The molecule has 0 aliphatic heterocycles. The highest BCUT2D eigenvalue weighted by Crippen LogP contribution is 2.00. The van der Waals surface area contributed by atoms with E-state index in [9.17, 15) is 0 Å². The van der Waals surface area contributed by atoms with Gasteiger partial charge in [-0.15, -0.1) is 0 Å². The van der Waals surface area contributed by atoms with Gasteiger partial charge < -0.3 is 0 Å². The smallest absolute Gasteiger partial charge is 0.237 e. The summed E-state index contributed by atoms with van der Waals surface area (Å²) in [5, 5.41) is 17.1. The number of aryl methyl sites for hydroxylation is 1. The molecule has 0 bridgehead atoms. The normalized spacial score (nSPS) is 9.33. The van der Waals surface area contributed by atoms with Gasteiger partial charge in [0.15, 0.2) is 0 Å². The number of imidazole rings is 1. The van der Waals surface area contributed by atoms with Crippen molar-refractivity contribution in [3.63, 3.8) is 0 Å². The molecule has 4 nitrogen and oxygen atoms in total. The second-order valence-electron chi connectivity index (χ2n) is 2.35. The summed E-state index contributed by atoms with van der Waals surface area (Å²) in [7, 11) is 0. The van der Waals surface area contributed by atoms with Crippen molar-refractivity contribution in [1.29, 1.82) is 10.5 Å². The molecule has 0 fully saturated rings. The van der Waals surface area contributed by atoms with Crippen LogP contribution in [0.4, 0.5) is 0 Å². The van der Waals surface area contributed by atoms with Gasteiger partial charge in [-0.2, -0.15) is 10.5 Å². The van der Waals surface area contributed by atoms with Gasteiger partial charge in [-0.1, -0.05) is 0 Å². The van der Waals surface area contributed by atoms with Crippen molar-refractivity contribution < 1.29 is 4.57 Å². The van der Waals surface area contributed by atoms with Gasteiger partial charge in [0.25, 0.3) is 6.04 Å². The molecule has 1 aromatic rings. The summed E-state index contributed by atoms with van der Waals surface area (Å²) in [4.78, 5) is 0. The second kappa shape index (κ2) is 3.54. The molecule has 0 spiro atoms. The predicted octanol–water partition coefficient (Wildman–Crippen LogP) is 0.384. The lowest BCUT2D eigenvalue weighted by molar-refractivity contribution is -0.693. The third kappa shape index (κ3) is 1.43.